The summed E-state index contributed by atoms with van der Waals surface area (Å²) < 4.78 is 32.7. The van der Waals surface area contributed by atoms with E-state index in [0.29, 0.717) is 17.2 Å². The molecule has 1 aromatic carbocycles. The summed E-state index contributed by atoms with van der Waals surface area (Å²) in [5.41, 5.74) is 1.37. The third-order valence-corrected chi connectivity index (χ3v) is 4.34. The van der Waals surface area contributed by atoms with E-state index in [1.807, 2.05) is 0 Å². The van der Waals surface area contributed by atoms with Crippen molar-refractivity contribution in [2.75, 3.05) is 7.11 Å². The van der Waals surface area contributed by atoms with Gasteiger partial charge in [-0.05, 0) is 41.5 Å². The van der Waals surface area contributed by atoms with Gasteiger partial charge in [0.05, 0.1) is 7.11 Å². The molecule has 25 heavy (non-hydrogen) atoms. The van der Waals surface area contributed by atoms with Crippen LogP contribution in [0.15, 0.2) is 43.0 Å². The minimum Gasteiger partial charge on any atom is -0.491 e. The number of rotatable bonds is 4. The van der Waals surface area contributed by atoms with Crippen molar-refractivity contribution in [2.45, 2.75) is 18.3 Å². The first kappa shape index (κ1) is 15.6. The van der Waals surface area contributed by atoms with Crippen LogP contribution in [0, 0.1) is 11.6 Å². The standard InChI is InChI=1S/C18H14F2N4O/c1-25-16-14(19)4-3-11(15(16)20)13-7-12(13)10-8-23-18(24-9-10)17-21-5-2-6-22-17/h2-6,8-9,12-13H,7H2,1H3. The number of nitrogens with zero attached hydrogens (tertiary/aromatic N) is 4. The van der Waals surface area contributed by atoms with Crippen molar-refractivity contribution in [3.8, 4) is 17.4 Å². The molecule has 0 saturated heterocycles. The van der Waals surface area contributed by atoms with Crippen molar-refractivity contribution in [2.24, 2.45) is 0 Å². The SMILES string of the molecule is COc1c(F)ccc(C2CC2c2cnc(-c3ncccn3)nc2)c1F. The summed E-state index contributed by atoms with van der Waals surface area (Å²) >= 11 is 0. The van der Waals surface area contributed by atoms with Gasteiger partial charge < -0.3 is 4.74 Å². The molecule has 0 radical (unpaired) electrons. The van der Waals surface area contributed by atoms with Gasteiger partial charge in [0, 0.05) is 24.8 Å². The average molecular weight is 340 g/mol. The van der Waals surface area contributed by atoms with Crippen molar-refractivity contribution < 1.29 is 13.5 Å². The zero-order valence-electron chi connectivity index (χ0n) is 13.4. The van der Waals surface area contributed by atoms with Gasteiger partial charge >= 0.3 is 0 Å². The highest BCUT2D eigenvalue weighted by Crippen LogP contribution is 2.55. The molecule has 2 heterocycles. The Balaban J connectivity index is 1.56. The lowest BCUT2D eigenvalue weighted by atomic mass is 10.1. The van der Waals surface area contributed by atoms with Crippen LogP contribution in [0.2, 0.25) is 0 Å². The average Bonchev–Trinajstić information content (AvgIpc) is 3.44. The highest BCUT2D eigenvalue weighted by atomic mass is 19.1. The molecule has 2 atom stereocenters. The first-order valence-corrected chi connectivity index (χ1v) is 7.80. The number of halogens is 2. The van der Waals surface area contributed by atoms with E-state index in [9.17, 15) is 8.78 Å². The predicted molar refractivity (Wildman–Crippen MR) is 86.1 cm³/mol. The molecule has 1 saturated carbocycles. The molecule has 5 nitrogen and oxygen atoms in total. The molecular formula is C18H14F2N4O. The first-order chi connectivity index (χ1) is 12.2. The predicted octanol–water partition coefficient (Wildman–Crippen LogP) is 3.49. The van der Waals surface area contributed by atoms with E-state index in [0.717, 1.165) is 12.0 Å². The Labute approximate surface area is 142 Å². The third-order valence-electron chi connectivity index (χ3n) is 4.34. The minimum atomic E-state index is -0.698. The third kappa shape index (κ3) is 2.82. The molecule has 7 heteroatoms. The van der Waals surface area contributed by atoms with Crippen LogP contribution in [0.1, 0.15) is 29.4 Å². The lowest BCUT2D eigenvalue weighted by molar-refractivity contribution is 0.357. The highest BCUT2D eigenvalue weighted by molar-refractivity contribution is 5.44. The van der Waals surface area contributed by atoms with Gasteiger partial charge in [-0.15, -0.1) is 0 Å². The zero-order chi connectivity index (χ0) is 17.4. The first-order valence-electron chi connectivity index (χ1n) is 7.80. The number of methoxy groups -OCH3 is 1. The minimum absolute atomic E-state index is 0.0306. The van der Waals surface area contributed by atoms with Gasteiger partial charge in [-0.25, -0.2) is 28.7 Å². The molecule has 1 aliphatic rings. The summed E-state index contributed by atoms with van der Waals surface area (Å²) in [5, 5.41) is 0. The Morgan fingerprint density at radius 2 is 1.64 bits per heavy atom. The van der Waals surface area contributed by atoms with Crippen LogP contribution in [0.25, 0.3) is 11.6 Å². The van der Waals surface area contributed by atoms with Crippen molar-refractivity contribution in [3.63, 3.8) is 0 Å². The van der Waals surface area contributed by atoms with Gasteiger partial charge in [0.25, 0.3) is 0 Å². The Morgan fingerprint density at radius 1 is 0.960 bits per heavy atom. The molecule has 0 N–H and O–H groups in total. The largest absolute Gasteiger partial charge is 0.491 e. The van der Waals surface area contributed by atoms with Crippen LogP contribution in [-0.2, 0) is 0 Å². The fourth-order valence-corrected chi connectivity index (χ4v) is 2.99. The fourth-order valence-electron chi connectivity index (χ4n) is 2.99. The van der Waals surface area contributed by atoms with E-state index in [2.05, 4.69) is 19.9 Å². The monoisotopic (exact) mass is 340 g/mol. The second-order valence-electron chi connectivity index (χ2n) is 5.84. The van der Waals surface area contributed by atoms with Crippen LogP contribution < -0.4 is 4.74 Å². The molecule has 2 unspecified atom stereocenters. The van der Waals surface area contributed by atoms with Crippen molar-refractivity contribution >= 4 is 0 Å². The summed E-state index contributed by atoms with van der Waals surface area (Å²) in [6.07, 6.45) is 7.43. The van der Waals surface area contributed by atoms with Crippen LogP contribution >= 0.6 is 0 Å². The van der Waals surface area contributed by atoms with E-state index < -0.39 is 11.6 Å². The van der Waals surface area contributed by atoms with Crippen LogP contribution in [0.5, 0.6) is 5.75 Å². The Bertz CT molecular complexity index is 903. The summed E-state index contributed by atoms with van der Waals surface area (Å²) in [7, 11) is 1.26. The summed E-state index contributed by atoms with van der Waals surface area (Å²) in [6, 6.07) is 4.43. The van der Waals surface area contributed by atoms with Gasteiger partial charge in [0.15, 0.2) is 29.0 Å². The number of hydrogen-bond donors (Lipinski definition) is 0. The fraction of sp³-hybridized carbons (Fsp3) is 0.222. The second kappa shape index (κ2) is 6.16. The molecule has 0 amide bonds. The van der Waals surface area contributed by atoms with Gasteiger partial charge in [0.1, 0.15) is 0 Å². The maximum absolute atomic E-state index is 14.4. The molecule has 0 spiro atoms. The van der Waals surface area contributed by atoms with Gasteiger partial charge in [-0.2, -0.15) is 0 Å². The van der Waals surface area contributed by atoms with Gasteiger partial charge in [-0.3, -0.25) is 0 Å². The van der Waals surface area contributed by atoms with Gasteiger partial charge in [-0.1, -0.05) is 6.07 Å². The Morgan fingerprint density at radius 3 is 2.32 bits per heavy atom. The number of ether oxygens (including phenoxy) is 1. The zero-order valence-corrected chi connectivity index (χ0v) is 13.4. The quantitative estimate of drug-likeness (QED) is 0.727. The lowest BCUT2D eigenvalue weighted by Crippen LogP contribution is -1.98. The lowest BCUT2D eigenvalue weighted by Gasteiger charge is -2.08. The Hall–Kier alpha value is -2.96. The molecule has 2 aromatic heterocycles. The number of benzene rings is 1. The molecule has 0 bridgehead atoms. The molecule has 1 aliphatic carbocycles. The van der Waals surface area contributed by atoms with Gasteiger partial charge in [0.2, 0.25) is 0 Å². The molecule has 3 aromatic rings. The van der Waals surface area contributed by atoms with Crippen LogP contribution in [0.4, 0.5) is 8.78 Å². The molecule has 126 valence electrons. The maximum Gasteiger partial charge on any atom is 0.197 e. The summed E-state index contributed by atoms with van der Waals surface area (Å²) in [5.74, 6) is -0.697. The van der Waals surface area contributed by atoms with E-state index in [-0.39, 0.29) is 17.6 Å². The maximum atomic E-state index is 14.4. The van der Waals surface area contributed by atoms with E-state index in [1.54, 1.807) is 30.9 Å². The van der Waals surface area contributed by atoms with Crippen molar-refractivity contribution in [1.29, 1.82) is 0 Å². The van der Waals surface area contributed by atoms with Crippen molar-refractivity contribution in [3.05, 3.63) is 65.7 Å². The topological polar surface area (TPSA) is 60.8 Å². The second-order valence-corrected chi connectivity index (χ2v) is 5.84. The van der Waals surface area contributed by atoms with E-state index >= 15 is 0 Å². The Kier molecular flexibility index (Phi) is 3.83. The molecular weight excluding hydrogens is 326 g/mol. The molecule has 4 rings (SSSR count). The van der Waals surface area contributed by atoms with Crippen LogP contribution in [0.3, 0.4) is 0 Å². The van der Waals surface area contributed by atoms with Crippen molar-refractivity contribution in [1.82, 2.24) is 19.9 Å². The highest BCUT2D eigenvalue weighted by Gasteiger charge is 2.42. The van der Waals surface area contributed by atoms with E-state index in [1.165, 1.54) is 19.2 Å². The van der Waals surface area contributed by atoms with Crippen LogP contribution in [-0.4, -0.2) is 27.0 Å². The summed E-state index contributed by atoms with van der Waals surface area (Å²) in [6.45, 7) is 0. The number of hydrogen-bond acceptors (Lipinski definition) is 5. The molecule has 0 aliphatic heterocycles. The summed E-state index contributed by atoms with van der Waals surface area (Å²) in [4.78, 5) is 16.8. The normalized spacial score (nSPS) is 18.8. The smallest absolute Gasteiger partial charge is 0.197 e. The molecule has 1 fully saturated rings. The van der Waals surface area contributed by atoms with E-state index in [4.69, 9.17) is 4.74 Å². The number of aromatic nitrogens is 4.